The second kappa shape index (κ2) is 4.99. The average molecular weight is 254 g/mol. The summed E-state index contributed by atoms with van der Waals surface area (Å²) < 4.78 is 14.6. The molecular formula is C12H11FOS2. The summed E-state index contributed by atoms with van der Waals surface area (Å²) in [5.41, 5.74) is 0.376. The van der Waals surface area contributed by atoms with Gasteiger partial charge in [0.15, 0.2) is 0 Å². The number of hydrogen-bond acceptors (Lipinski definition) is 3. The fourth-order valence-corrected chi connectivity index (χ4v) is 3.41. The monoisotopic (exact) mass is 254 g/mol. The van der Waals surface area contributed by atoms with Crippen LogP contribution >= 0.6 is 23.1 Å². The molecule has 84 valence electrons. The van der Waals surface area contributed by atoms with Gasteiger partial charge in [0.2, 0.25) is 0 Å². The number of aliphatic hydroxyl groups excluding tert-OH is 1. The second-order valence-corrected chi connectivity index (χ2v) is 5.65. The standard InChI is InChI=1S/C12H11FOS2/c1-8(14)12-9(13)4-2-5-10(12)16-11-6-3-7-15-11/h2-8,14H,1H3. The summed E-state index contributed by atoms with van der Waals surface area (Å²) in [6.45, 7) is 1.58. The number of rotatable bonds is 3. The van der Waals surface area contributed by atoms with Crippen molar-refractivity contribution < 1.29 is 9.50 Å². The summed E-state index contributed by atoms with van der Waals surface area (Å²) in [6, 6.07) is 8.80. The molecule has 1 nitrogen and oxygen atoms in total. The highest BCUT2D eigenvalue weighted by molar-refractivity contribution is 8.01. The van der Waals surface area contributed by atoms with Crippen molar-refractivity contribution in [3.05, 3.63) is 47.1 Å². The van der Waals surface area contributed by atoms with Crippen molar-refractivity contribution in [3.63, 3.8) is 0 Å². The van der Waals surface area contributed by atoms with Crippen molar-refractivity contribution in [2.75, 3.05) is 0 Å². The minimum absolute atomic E-state index is 0.350. The fourth-order valence-electron chi connectivity index (χ4n) is 1.44. The molecule has 0 aliphatic heterocycles. The first-order chi connectivity index (χ1) is 7.68. The van der Waals surface area contributed by atoms with Crippen LogP contribution < -0.4 is 0 Å². The van der Waals surface area contributed by atoms with Gasteiger partial charge in [0, 0.05) is 10.5 Å². The van der Waals surface area contributed by atoms with E-state index in [1.807, 2.05) is 23.6 Å². The largest absolute Gasteiger partial charge is 0.389 e. The van der Waals surface area contributed by atoms with Crippen molar-refractivity contribution in [1.29, 1.82) is 0 Å². The predicted molar refractivity (Wildman–Crippen MR) is 65.5 cm³/mol. The minimum Gasteiger partial charge on any atom is -0.389 e. The summed E-state index contributed by atoms with van der Waals surface area (Å²) >= 11 is 3.08. The Kier molecular flexibility index (Phi) is 3.63. The van der Waals surface area contributed by atoms with E-state index in [-0.39, 0.29) is 5.82 Å². The number of thiophene rings is 1. The average Bonchev–Trinajstić information content (AvgIpc) is 2.70. The van der Waals surface area contributed by atoms with Crippen LogP contribution in [0.4, 0.5) is 4.39 Å². The maximum absolute atomic E-state index is 13.6. The summed E-state index contributed by atoms with van der Waals surface area (Å²) in [5.74, 6) is -0.350. The Balaban J connectivity index is 2.37. The van der Waals surface area contributed by atoms with Gasteiger partial charge in [0.25, 0.3) is 0 Å². The lowest BCUT2D eigenvalue weighted by molar-refractivity contribution is 0.191. The molecule has 0 radical (unpaired) electrons. The van der Waals surface area contributed by atoms with Crippen LogP contribution in [0.3, 0.4) is 0 Å². The maximum Gasteiger partial charge on any atom is 0.130 e. The number of hydrogen-bond donors (Lipinski definition) is 1. The van der Waals surface area contributed by atoms with Gasteiger partial charge in [-0.15, -0.1) is 11.3 Å². The van der Waals surface area contributed by atoms with E-state index >= 15 is 0 Å². The van der Waals surface area contributed by atoms with Gasteiger partial charge in [-0.1, -0.05) is 23.9 Å². The molecule has 0 amide bonds. The van der Waals surface area contributed by atoms with Crippen LogP contribution in [0.1, 0.15) is 18.6 Å². The van der Waals surface area contributed by atoms with Crippen LogP contribution in [0.5, 0.6) is 0 Å². The molecule has 0 fully saturated rings. The molecule has 16 heavy (non-hydrogen) atoms. The van der Waals surface area contributed by atoms with Gasteiger partial charge in [-0.3, -0.25) is 0 Å². The summed E-state index contributed by atoms with van der Waals surface area (Å²) in [5, 5.41) is 11.5. The molecule has 1 unspecified atom stereocenters. The van der Waals surface area contributed by atoms with Crippen LogP contribution in [-0.4, -0.2) is 5.11 Å². The highest BCUT2D eigenvalue weighted by Crippen LogP contribution is 2.36. The first-order valence-corrected chi connectivity index (χ1v) is 6.56. The third kappa shape index (κ3) is 2.45. The SMILES string of the molecule is CC(O)c1c(F)cccc1Sc1cccs1. The minimum atomic E-state index is -0.788. The molecule has 1 heterocycles. The van der Waals surface area contributed by atoms with E-state index in [4.69, 9.17) is 0 Å². The van der Waals surface area contributed by atoms with Crippen molar-refractivity contribution >= 4 is 23.1 Å². The Morgan fingerprint density at radius 3 is 2.75 bits per heavy atom. The lowest BCUT2D eigenvalue weighted by atomic mass is 10.1. The summed E-state index contributed by atoms with van der Waals surface area (Å²) in [4.78, 5) is 0.775. The lowest BCUT2D eigenvalue weighted by Crippen LogP contribution is -1.98. The van der Waals surface area contributed by atoms with E-state index in [1.54, 1.807) is 24.3 Å². The van der Waals surface area contributed by atoms with Crippen LogP contribution in [-0.2, 0) is 0 Å². The Hall–Kier alpha value is -0.840. The molecule has 1 aromatic heterocycles. The second-order valence-electron chi connectivity index (χ2n) is 3.36. The molecule has 0 spiro atoms. The maximum atomic E-state index is 13.6. The van der Waals surface area contributed by atoms with Gasteiger partial charge in [-0.05, 0) is 30.5 Å². The third-order valence-electron chi connectivity index (χ3n) is 2.14. The molecule has 0 aliphatic carbocycles. The van der Waals surface area contributed by atoms with Gasteiger partial charge in [0.1, 0.15) is 5.82 Å². The first-order valence-electron chi connectivity index (χ1n) is 4.86. The van der Waals surface area contributed by atoms with Gasteiger partial charge < -0.3 is 5.11 Å². The molecule has 1 atom stereocenters. The molecule has 1 aromatic carbocycles. The van der Waals surface area contributed by atoms with E-state index in [0.717, 1.165) is 9.10 Å². The molecule has 2 aromatic rings. The number of halogens is 1. The molecule has 4 heteroatoms. The Morgan fingerprint density at radius 1 is 1.31 bits per heavy atom. The predicted octanol–water partition coefficient (Wildman–Crippen LogP) is 4.09. The topological polar surface area (TPSA) is 20.2 Å². The van der Waals surface area contributed by atoms with Gasteiger partial charge >= 0.3 is 0 Å². The smallest absolute Gasteiger partial charge is 0.130 e. The zero-order valence-electron chi connectivity index (χ0n) is 8.68. The Morgan fingerprint density at radius 2 is 2.12 bits per heavy atom. The first kappa shape index (κ1) is 11.6. The molecule has 2 rings (SSSR count). The molecule has 0 aliphatic rings. The summed E-state index contributed by atoms with van der Waals surface area (Å²) in [6.07, 6.45) is -0.788. The van der Waals surface area contributed by atoms with Crippen molar-refractivity contribution in [1.82, 2.24) is 0 Å². The zero-order valence-corrected chi connectivity index (χ0v) is 10.3. The molecule has 0 saturated heterocycles. The van der Waals surface area contributed by atoms with E-state index in [9.17, 15) is 9.50 Å². The number of benzene rings is 1. The zero-order chi connectivity index (χ0) is 11.5. The van der Waals surface area contributed by atoms with E-state index < -0.39 is 6.10 Å². The molecule has 0 saturated carbocycles. The van der Waals surface area contributed by atoms with Gasteiger partial charge in [-0.25, -0.2) is 4.39 Å². The quantitative estimate of drug-likeness (QED) is 0.890. The molecule has 1 N–H and O–H groups in total. The molecule has 0 bridgehead atoms. The Labute approximate surface area is 102 Å². The van der Waals surface area contributed by atoms with Crippen molar-refractivity contribution in [2.45, 2.75) is 22.1 Å². The van der Waals surface area contributed by atoms with E-state index in [2.05, 4.69) is 0 Å². The number of aliphatic hydroxyl groups is 1. The fraction of sp³-hybridized carbons (Fsp3) is 0.167. The third-order valence-corrected chi connectivity index (χ3v) is 4.25. The van der Waals surface area contributed by atoms with E-state index in [0.29, 0.717) is 5.56 Å². The highest BCUT2D eigenvalue weighted by Gasteiger charge is 2.14. The van der Waals surface area contributed by atoms with Crippen LogP contribution in [0.15, 0.2) is 44.8 Å². The molecular weight excluding hydrogens is 243 g/mol. The van der Waals surface area contributed by atoms with Crippen molar-refractivity contribution in [3.8, 4) is 0 Å². The highest BCUT2D eigenvalue weighted by atomic mass is 32.2. The normalized spacial score (nSPS) is 12.7. The van der Waals surface area contributed by atoms with Crippen LogP contribution in [0.2, 0.25) is 0 Å². The van der Waals surface area contributed by atoms with Gasteiger partial charge in [0.05, 0.1) is 10.3 Å². The summed E-state index contributed by atoms with van der Waals surface area (Å²) in [7, 11) is 0. The van der Waals surface area contributed by atoms with E-state index in [1.165, 1.54) is 17.8 Å². The van der Waals surface area contributed by atoms with Crippen molar-refractivity contribution in [2.24, 2.45) is 0 Å². The Bertz CT molecular complexity index is 466. The lowest BCUT2D eigenvalue weighted by Gasteiger charge is -2.11. The van der Waals surface area contributed by atoms with Gasteiger partial charge in [-0.2, -0.15) is 0 Å². The van der Waals surface area contributed by atoms with Crippen LogP contribution in [0.25, 0.3) is 0 Å². The van der Waals surface area contributed by atoms with Crippen LogP contribution in [0, 0.1) is 5.82 Å².